The fraction of sp³-hybridized carbons (Fsp3) is 0.789. The maximum Gasteiger partial charge on any atom is 0.194 e. The van der Waals surface area contributed by atoms with Crippen LogP contribution in [0.3, 0.4) is 0 Å². The molecule has 1 aromatic heterocycles. The molecule has 8 heteroatoms. The Morgan fingerprint density at radius 1 is 1.41 bits per heavy atom. The zero-order valence-corrected chi connectivity index (χ0v) is 18.8. The van der Waals surface area contributed by atoms with Crippen LogP contribution < -0.4 is 5.32 Å². The van der Waals surface area contributed by atoms with Gasteiger partial charge in [0.05, 0.1) is 25.5 Å². The molecule has 2 aliphatic rings. The lowest BCUT2D eigenvalue weighted by Gasteiger charge is -2.22. The number of guanidine groups is 1. The molecule has 2 unspecified atom stereocenters. The standard InChI is InChI=1S/C19H33N5O2.HI/c1-3-20-19(21-10-18(25)14-26-13-15-4-5-15)24-7-6-16(12-24)8-17-9-22-23(2)11-17;/h9,11,15-16,18,25H,3-8,10,12-14H2,1-2H3,(H,20,21);1H. The Morgan fingerprint density at radius 3 is 2.89 bits per heavy atom. The first-order chi connectivity index (χ1) is 12.6. The molecular formula is C19H34IN5O2. The van der Waals surface area contributed by atoms with Gasteiger partial charge in [-0.1, -0.05) is 0 Å². The van der Waals surface area contributed by atoms with E-state index >= 15 is 0 Å². The zero-order chi connectivity index (χ0) is 18.4. The van der Waals surface area contributed by atoms with Crippen LogP contribution in [0.15, 0.2) is 17.4 Å². The molecule has 2 heterocycles. The fourth-order valence-electron chi connectivity index (χ4n) is 3.43. The fourth-order valence-corrected chi connectivity index (χ4v) is 3.43. The van der Waals surface area contributed by atoms with Crippen molar-refractivity contribution in [2.24, 2.45) is 23.9 Å². The normalized spacial score (nSPS) is 21.2. The number of ether oxygens (including phenoxy) is 1. The first-order valence-corrected chi connectivity index (χ1v) is 9.90. The molecule has 1 saturated carbocycles. The molecule has 0 amide bonds. The third-order valence-corrected chi connectivity index (χ3v) is 5.02. The second-order valence-corrected chi connectivity index (χ2v) is 7.66. The average Bonchev–Trinajstić information content (AvgIpc) is 3.17. The smallest absolute Gasteiger partial charge is 0.194 e. The Morgan fingerprint density at radius 2 is 2.22 bits per heavy atom. The summed E-state index contributed by atoms with van der Waals surface area (Å²) in [6.07, 6.45) is 8.28. The minimum atomic E-state index is -0.531. The molecule has 2 fully saturated rings. The Hall–Kier alpha value is -0.870. The summed E-state index contributed by atoms with van der Waals surface area (Å²) < 4.78 is 7.42. The van der Waals surface area contributed by atoms with Gasteiger partial charge in [0.25, 0.3) is 0 Å². The van der Waals surface area contributed by atoms with Crippen molar-refractivity contribution in [3.05, 3.63) is 18.0 Å². The van der Waals surface area contributed by atoms with E-state index < -0.39 is 6.10 Å². The van der Waals surface area contributed by atoms with E-state index in [0.717, 1.165) is 51.0 Å². The van der Waals surface area contributed by atoms with Gasteiger partial charge >= 0.3 is 0 Å². The molecule has 27 heavy (non-hydrogen) atoms. The van der Waals surface area contributed by atoms with Crippen molar-refractivity contribution < 1.29 is 9.84 Å². The van der Waals surface area contributed by atoms with Crippen LogP contribution in [-0.4, -0.2) is 71.2 Å². The number of likely N-dealkylation sites (tertiary alicyclic amines) is 1. The average molecular weight is 491 g/mol. The monoisotopic (exact) mass is 491 g/mol. The van der Waals surface area contributed by atoms with E-state index in [4.69, 9.17) is 4.74 Å². The van der Waals surface area contributed by atoms with Crippen molar-refractivity contribution in [2.75, 3.05) is 39.4 Å². The van der Waals surface area contributed by atoms with Crippen molar-refractivity contribution in [2.45, 2.75) is 38.7 Å². The highest BCUT2D eigenvalue weighted by Gasteiger charge is 2.25. The molecule has 1 aliphatic heterocycles. The zero-order valence-electron chi connectivity index (χ0n) is 16.5. The van der Waals surface area contributed by atoms with Crippen LogP contribution in [0.1, 0.15) is 31.7 Å². The van der Waals surface area contributed by atoms with E-state index in [9.17, 15) is 5.11 Å². The van der Waals surface area contributed by atoms with Crippen LogP contribution in [0.5, 0.6) is 0 Å². The van der Waals surface area contributed by atoms with Gasteiger partial charge in [-0.3, -0.25) is 9.67 Å². The Balaban J connectivity index is 0.00000261. The SMILES string of the molecule is CCNC(=NCC(O)COCC1CC1)N1CCC(Cc2cnn(C)c2)C1.I. The highest BCUT2D eigenvalue weighted by molar-refractivity contribution is 14.0. The van der Waals surface area contributed by atoms with E-state index in [1.54, 1.807) is 0 Å². The maximum atomic E-state index is 10.1. The summed E-state index contributed by atoms with van der Waals surface area (Å²) in [5.41, 5.74) is 1.30. The molecule has 0 radical (unpaired) electrons. The van der Waals surface area contributed by atoms with E-state index in [1.165, 1.54) is 18.4 Å². The summed E-state index contributed by atoms with van der Waals surface area (Å²) in [6, 6.07) is 0. The van der Waals surface area contributed by atoms with E-state index in [1.807, 2.05) is 17.9 Å². The van der Waals surface area contributed by atoms with Gasteiger partial charge in [-0.15, -0.1) is 24.0 Å². The number of aromatic nitrogens is 2. The van der Waals surface area contributed by atoms with E-state index in [2.05, 4.69) is 33.4 Å². The van der Waals surface area contributed by atoms with Gasteiger partial charge < -0.3 is 20.1 Å². The van der Waals surface area contributed by atoms with Gasteiger partial charge in [-0.25, -0.2) is 0 Å². The Kier molecular flexibility index (Phi) is 9.31. The van der Waals surface area contributed by atoms with E-state index in [0.29, 0.717) is 19.1 Å². The summed E-state index contributed by atoms with van der Waals surface area (Å²) in [4.78, 5) is 6.95. The number of aliphatic hydroxyl groups excluding tert-OH is 1. The Labute approximate surface area is 179 Å². The summed E-state index contributed by atoms with van der Waals surface area (Å²) in [5.74, 6) is 2.25. The lowest BCUT2D eigenvalue weighted by Crippen LogP contribution is -2.41. The summed E-state index contributed by atoms with van der Waals surface area (Å²) >= 11 is 0. The van der Waals surface area contributed by atoms with Crippen molar-refractivity contribution in [3.8, 4) is 0 Å². The second-order valence-electron chi connectivity index (χ2n) is 7.66. The third kappa shape index (κ3) is 7.57. The molecular weight excluding hydrogens is 457 g/mol. The molecule has 1 saturated heterocycles. The number of hydrogen-bond donors (Lipinski definition) is 2. The molecule has 7 nitrogen and oxygen atoms in total. The predicted molar refractivity (Wildman–Crippen MR) is 118 cm³/mol. The van der Waals surface area contributed by atoms with Crippen LogP contribution in [0.4, 0.5) is 0 Å². The van der Waals surface area contributed by atoms with Crippen LogP contribution in [0.2, 0.25) is 0 Å². The van der Waals surface area contributed by atoms with Gasteiger partial charge in [0, 0.05) is 39.5 Å². The molecule has 154 valence electrons. The van der Waals surface area contributed by atoms with Crippen molar-refractivity contribution >= 4 is 29.9 Å². The summed E-state index contributed by atoms with van der Waals surface area (Å²) in [5, 5.41) is 17.7. The molecule has 1 aromatic rings. The summed E-state index contributed by atoms with van der Waals surface area (Å²) in [6.45, 7) is 6.45. The highest BCUT2D eigenvalue weighted by Crippen LogP contribution is 2.28. The number of halogens is 1. The minimum absolute atomic E-state index is 0. The number of nitrogens with one attached hydrogen (secondary N) is 1. The predicted octanol–water partition coefficient (Wildman–Crippen LogP) is 1.66. The lowest BCUT2D eigenvalue weighted by molar-refractivity contribution is 0.0367. The van der Waals surface area contributed by atoms with Crippen molar-refractivity contribution in [1.29, 1.82) is 0 Å². The molecule has 0 spiro atoms. The number of rotatable bonds is 9. The Bertz CT molecular complexity index is 590. The lowest BCUT2D eigenvalue weighted by atomic mass is 10.0. The third-order valence-electron chi connectivity index (χ3n) is 5.02. The van der Waals surface area contributed by atoms with Crippen molar-refractivity contribution in [1.82, 2.24) is 20.0 Å². The first kappa shape index (κ1) is 22.4. The largest absolute Gasteiger partial charge is 0.389 e. The molecule has 1 aliphatic carbocycles. The molecule has 0 bridgehead atoms. The van der Waals surface area contributed by atoms with Gasteiger partial charge in [0.2, 0.25) is 0 Å². The molecule has 0 aromatic carbocycles. The number of aryl methyl sites for hydroxylation is 1. The van der Waals surface area contributed by atoms with Gasteiger partial charge in [0.1, 0.15) is 0 Å². The van der Waals surface area contributed by atoms with Gasteiger partial charge in [-0.05, 0) is 50.0 Å². The quantitative estimate of drug-likeness (QED) is 0.312. The number of hydrogen-bond acceptors (Lipinski definition) is 4. The summed E-state index contributed by atoms with van der Waals surface area (Å²) in [7, 11) is 1.96. The van der Waals surface area contributed by atoms with E-state index in [-0.39, 0.29) is 24.0 Å². The highest BCUT2D eigenvalue weighted by atomic mass is 127. The second kappa shape index (κ2) is 11.2. The maximum absolute atomic E-state index is 10.1. The van der Waals surface area contributed by atoms with Gasteiger partial charge in [-0.2, -0.15) is 5.10 Å². The van der Waals surface area contributed by atoms with Crippen LogP contribution in [-0.2, 0) is 18.2 Å². The number of aliphatic hydroxyl groups is 1. The minimum Gasteiger partial charge on any atom is -0.389 e. The molecule has 2 N–H and O–H groups in total. The topological polar surface area (TPSA) is 74.9 Å². The molecule has 2 atom stereocenters. The van der Waals surface area contributed by atoms with Crippen LogP contribution in [0.25, 0.3) is 0 Å². The van der Waals surface area contributed by atoms with Crippen LogP contribution in [0, 0.1) is 11.8 Å². The van der Waals surface area contributed by atoms with Gasteiger partial charge in [0.15, 0.2) is 5.96 Å². The first-order valence-electron chi connectivity index (χ1n) is 9.90. The number of aliphatic imine (C=N–C) groups is 1. The number of nitrogens with zero attached hydrogens (tertiary/aromatic N) is 4. The molecule has 3 rings (SSSR count). The van der Waals surface area contributed by atoms with Crippen molar-refractivity contribution in [3.63, 3.8) is 0 Å². The van der Waals surface area contributed by atoms with Crippen LogP contribution >= 0.6 is 24.0 Å².